The van der Waals surface area contributed by atoms with Crippen molar-refractivity contribution in [3.63, 3.8) is 0 Å². The first-order valence-corrected chi connectivity index (χ1v) is 6.05. The molecule has 0 unspecified atom stereocenters. The molecule has 2 aromatic rings. The third kappa shape index (κ3) is 2.95. The van der Waals surface area contributed by atoms with Gasteiger partial charge < -0.3 is 5.11 Å². The Labute approximate surface area is 116 Å². The number of hydrogen-bond donors (Lipinski definition) is 1. The minimum absolute atomic E-state index is 0.324. The van der Waals surface area contributed by atoms with Crippen LogP contribution in [0.4, 0.5) is 4.39 Å². The van der Waals surface area contributed by atoms with Gasteiger partial charge in [-0.25, -0.2) is 13.9 Å². The van der Waals surface area contributed by atoms with Crippen LogP contribution >= 0.6 is 22.6 Å². The highest BCUT2D eigenvalue weighted by Crippen LogP contribution is 2.16. The van der Waals surface area contributed by atoms with Crippen molar-refractivity contribution in [2.45, 2.75) is 0 Å². The molecule has 1 aromatic heterocycles. The zero-order chi connectivity index (χ0) is 13.1. The number of halogens is 2. The average Bonchev–Trinajstić information content (AvgIpc) is 2.73. The second kappa shape index (κ2) is 5.30. The van der Waals surface area contributed by atoms with Gasteiger partial charge in [0.1, 0.15) is 11.5 Å². The van der Waals surface area contributed by atoms with E-state index < -0.39 is 11.8 Å². The normalized spacial score (nSPS) is 11.0. The standard InChI is InChI=1S/C12H8FIN2O2/c13-10-5-8(2-4-12(17)18)1-3-11(10)16-7-9(14)6-15-16/h1-7H,(H,17,18). The number of rotatable bonds is 3. The Morgan fingerprint density at radius 2 is 2.28 bits per heavy atom. The number of carboxylic acids is 1. The van der Waals surface area contributed by atoms with Crippen molar-refractivity contribution in [2.24, 2.45) is 0 Å². The van der Waals surface area contributed by atoms with Crippen LogP contribution in [0.1, 0.15) is 5.56 Å². The number of benzene rings is 1. The molecule has 6 heteroatoms. The van der Waals surface area contributed by atoms with Gasteiger partial charge in [-0.05, 0) is 46.4 Å². The third-order valence-corrected chi connectivity index (χ3v) is 2.75. The van der Waals surface area contributed by atoms with Gasteiger partial charge in [-0.1, -0.05) is 6.07 Å². The molecule has 4 nitrogen and oxygen atoms in total. The number of carboxylic acid groups (broad SMARTS) is 1. The number of aromatic nitrogens is 2. The smallest absolute Gasteiger partial charge is 0.328 e. The zero-order valence-corrected chi connectivity index (χ0v) is 11.2. The van der Waals surface area contributed by atoms with Gasteiger partial charge in [0.25, 0.3) is 0 Å². The summed E-state index contributed by atoms with van der Waals surface area (Å²) in [6, 6.07) is 4.45. The summed E-state index contributed by atoms with van der Waals surface area (Å²) in [6.45, 7) is 0. The molecule has 0 aliphatic heterocycles. The molecule has 0 atom stereocenters. The molecular weight excluding hydrogens is 350 g/mol. The highest BCUT2D eigenvalue weighted by atomic mass is 127. The van der Waals surface area contributed by atoms with Crippen LogP contribution in [-0.2, 0) is 4.79 Å². The second-order valence-corrected chi connectivity index (χ2v) is 4.73. The van der Waals surface area contributed by atoms with E-state index in [2.05, 4.69) is 27.7 Å². The molecule has 0 aliphatic carbocycles. The van der Waals surface area contributed by atoms with E-state index in [1.807, 2.05) is 0 Å². The maximum absolute atomic E-state index is 13.8. The van der Waals surface area contributed by atoms with Crippen molar-refractivity contribution in [1.82, 2.24) is 9.78 Å². The number of nitrogens with zero attached hydrogens (tertiary/aromatic N) is 2. The molecule has 0 spiro atoms. The lowest BCUT2D eigenvalue weighted by Gasteiger charge is -2.03. The monoisotopic (exact) mass is 358 g/mol. The lowest BCUT2D eigenvalue weighted by Crippen LogP contribution is -1.98. The molecule has 0 aliphatic rings. The van der Waals surface area contributed by atoms with Gasteiger partial charge in [0.2, 0.25) is 0 Å². The molecule has 92 valence electrons. The Bertz CT molecular complexity index is 622. The van der Waals surface area contributed by atoms with Crippen LogP contribution in [0.25, 0.3) is 11.8 Å². The summed E-state index contributed by atoms with van der Waals surface area (Å²) in [4.78, 5) is 10.4. The van der Waals surface area contributed by atoms with Crippen molar-refractivity contribution in [1.29, 1.82) is 0 Å². The van der Waals surface area contributed by atoms with Crippen molar-refractivity contribution in [2.75, 3.05) is 0 Å². The van der Waals surface area contributed by atoms with E-state index in [1.165, 1.54) is 16.8 Å². The second-order valence-electron chi connectivity index (χ2n) is 3.49. The van der Waals surface area contributed by atoms with E-state index in [0.717, 1.165) is 9.65 Å². The van der Waals surface area contributed by atoms with Gasteiger partial charge in [0, 0.05) is 12.3 Å². The SMILES string of the molecule is O=C(O)C=Cc1ccc(-n2cc(I)cn2)c(F)c1. The fourth-order valence-corrected chi connectivity index (χ4v) is 1.80. The van der Waals surface area contributed by atoms with Gasteiger partial charge in [-0.15, -0.1) is 0 Å². The van der Waals surface area contributed by atoms with E-state index in [-0.39, 0.29) is 0 Å². The third-order valence-electron chi connectivity index (χ3n) is 2.19. The van der Waals surface area contributed by atoms with Crippen molar-refractivity contribution in [3.05, 3.63) is 51.6 Å². The van der Waals surface area contributed by atoms with E-state index in [0.29, 0.717) is 11.3 Å². The highest BCUT2D eigenvalue weighted by molar-refractivity contribution is 14.1. The van der Waals surface area contributed by atoms with Crippen LogP contribution < -0.4 is 0 Å². The minimum Gasteiger partial charge on any atom is -0.478 e. The zero-order valence-electron chi connectivity index (χ0n) is 9.05. The first-order chi connectivity index (χ1) is 8.56. The van der Waals surface area contributed by atoms with Crippen LogP contribution in [0.3, 0.4) is 0 Å². The van der Waals surface area contributed by atoms with Crippen molar-refractivity contribution >= 4 is 34.6 Å². The van der Waals surface area contributed by atoms with Crippen LogP contribution in [0, 0.1) is 9.39 Å². The molecule has 18 heavy (non-hydrogen) atoms. The van der Waals surface area contributed by atoms with E-state index in [1.54, 1.807) is 24.5 Å². The molecule has 2 rings (SSSR count). The Hall–Kier alpha value is -1.70. The van der Waals surface area contributed by atoms with Crippen LogP contribution in [0.15, 0.2) is 36.7 Å². The van der Waals surface area contributed by atoms with Gasteiger partial charge in [-0.3, -0.25) is 0 Å². The topological polar surface area (TPSA) is 55.1 Å². The molecule has 1 heterocycles. The molecule has 0 saturated heterocycles. The Morgan fingerprint density at radius 3 is 2.83 bits per heavy atom. The number of aliphatic carboxylic acids is 1. The maximum atomic E-state index is 13.8. The summed E-state index contributed by atoms with van der Waals surface area (Å²) in [5, 5.41) is 12.5. The fourth-order valence-electron chi connectivity index (χ4n) is 1.41. The molecule has 0 amide bonds. The van der Waals surface area contributed by atoms with Crippen LogP contribution in [0.5, 0.6) is 0 Å². The first kappa shape index (κ1) is 12.7. The molecule has 1 aromatic carbocycles. The molecule has 1 N–H and O–H groups in total. The largest absolute Gasteiger partial charge is 0.478 e. The van der Waals surface area contributed by atoms with Gasteiger partial charge in [-0.2, -0.15) is 5.10 Å². The molecule has 0 fully saturated rings. The summed E-state index contributed by atoms with van der Waals surface area (Å²) in [5.74, 6) is -1.52. The summed E-state index contributed by atoms with van der Waals surface area (Å²) >= 11 is 2.08. The highest BCUT2D eigenvalue weighted by Gasteiger charge is 2.06. The molecule has 0 bridgehead atoms. The minimum atomic E-state index is -1.07. The Morgan fingerprint density at radius 1 is 1.50 bits per heavy atom. The predicted octanol–water partition coefficient (Wildman–Crippen LogP) is 2.71. The Balaban J connectivity index is 2.33. The summed E-state index contributed by atoms with van der Waals surface area (Å²) in [6.07, 6.45) is 5.62. The fraction of sp³-hybridized carbons (Fsp3) is 0. The van der Waals surface area contributed by atoms with E-state index >= 15 is 0 Å². The number of hydrogen-bond acceptors (Lipinski definition) is 2. The first-order valence-electron chi connectivity index (χ1n) is 4.97. The van der Waals surface area contributed by atoms with Gasteiger partial charge in [0.05, 0.1) is 9.77 Å². The molecular formula is C12H8FIN2O2. The van der Waals surface area contributed by atoms with Gasteiger partial charge in [0.15, 0.2) is 0 Å². The van der Waals surface area contributed by atoms with Crippen LogP contribution in [-0.4, -0.2) is 20.9 Å². The van der Waals surface area contributed by atoms with Crippen molar-refractivity contribution < 1.29 is 14.3 Å². The average molecular weight is 358 g/mol. The maximum Gasteiger partial charge on any atom is 0.328 e. The quantitative estimate of drug-likeness (QED) is 0.678. The molecule has 0 radical (unpaired) electrons. The predicted molar refractivity (Wildman–Crippen MR) is 72.9 cm³/mol. The van der Waals surface area contributed by atoms with E-state index in [4.69, 9.17) is 5.11 Å². The lowest BCUT2D eigenvalue weighted by atomic mass is 10.2. The summed E-state index contributed by atoms with van der Waals surface area (Å²) < 4.78 is 16.2. The van der Waals surface area contributed by atoms with Gasteiger partial charge >= 0.3 is 5.97 Å². The Kier molecular flexibility index (Phi) is 3.75. The summed E-state index contributed by atoms with van der Waals surface area (Å²) in [5.41, 5.74) is 0.811. The lowest BCUT2D eigenvalue weighted by molar-refractivity contribution is -0.131. The summed E-state index contributed by atoms with van der Waals surface area (Å²) in [7, 11) is 0. The molecule has 0 saturated carbocycles. The van der Waals surface area contributed by atoms with Crippen LogP contribution in [0.2, 0.25) is 0 Å². The number of carbonyl (C=O) groups is 1. The van der Waals surface area contributed by atoms with Crippen molar-refractivity contribution in [3.8, 4) is 5.69 Å². The van der Waals surface area contributed by atoms with E-state index in [9.17, 15) is 9.18 Å².